The molecule has 3 heteroatoms. The molecule has 0 aromatic heterocycles. The number of methoxy groups -OCH3 is 1. The Hall–Kier alpha value is -1.51. The summed E-state index contributed by atoms with van der Waals surface area (Å²) in [6.45, 7) is 3.76. The van der Waals surface area contributed by atoms with E-state index in [0.29, 0.717) is 5.75 Å². The quantitative estimate of drug-likeness (QED) is 0.711. The molecule has 1 aromatic rings. The summed E-state index contributed by atoms with van der Waals surface area (Å²) in [7, 11) is 1.35. The molecule has 1 unspecified atom stereocenters. The average Bonchev–Trinajstić information content (AvgIpc) is 2.29. The van der Waals surface area contributed by atoms with E-state index in [2.05, 4.69) is 11.7 Å². The van der Waals surface area contributed by atoms with E-state index >= 15 is 0 Å². The summed E-state index contributed by atoms with van der Waals surface area (Å²) < 4.78 is 9.96. The maximum atomic E-state index is 11.1. The van der Waals surface area contributed by atoms with Crippen LogP contribution in [-0.4, -0.2) is 19.2 Å². The van der Waals surface area contributed by atoms with Gasteiger partial charge in [0.25, 0.3) is 0 Å². The van der Waals surface area contributed by atoms with E-state index in [9.17, 15) is 4.79 Å². The number of carbonyl (C=O) groups is 1. The third-order valence-electron chi connectivity index (χ3n) is 2.18. The van der Waals surface area contributed by atoms with Gasteiger partial charge in [-0.2, -0.15) is 0 Å². The van der Waals surface area contributed by atoms with Gasteiger partial charge in [-0.05, 0) is 31.0 Å². The first-order valence-electron chi connectivity index (χ1n) is 5.00. The summed E-state index contributed by atoms with van der Waals surface area (Å²) in [5.41, 5.74) is 1.24. The van der Waals surface area contributed by atoms with Crippen molar-refractivity contribution >= 4 is 5.97 Å². The van der Waals surface area contributed by atoms with Crippen molar-refractivity contribution in [3.05, 3.63) is 29.8 Å². The zero-order valence-corrected chi connectivity index (χ0v) is 9.32. The van der Waals surface area contributed by atoms with Gasteiger partial charge in [0.05, 0.1) is 7.11 Å². The largest absolute Gasteiger partial charge is 0.479 e. The minimum Gasteiger partial charge on any atom is -0.479 e. The van der Waals surface area contributed by atoms with Crippen molar-refractivity contribution in [2.45, 2.75) is 26.4 Å². The molecular formula is C12H16O3. The van der Waals surface area contributed by atoms with Gasteiger partial charge in [-0.25, -0.2) is 4.79 Å². The summed E-state index contributed by atoms with van der Waals surface area (Å²) in [6.07, 6.45) is 0.426. The number of aryl methyl sites for hydroxylation is 1. The number of hydrogen-bond donors (Lipinski definition) is 0. The molecular weight excluding hydrogens is 192 g/mol. The molecule has 0 heterocycles. The van der Waals surface area contributed by atoms with Crippen LogP contribution in [0.3, 0.4) is 0 Å². The average molecular weight is 208 g/mol. The van der Waals surface area contributed by atoms with E-state index in [1.165, 1.54) is 12.7 Å². The van der Waals surface area contributed by atoms with Gasteiger partial charge in [-0.1, -0.05) is 19.1 Å². The first-order chi connectivity index (χ1) is 7.17. The molecule has 1 rings (SSSR count). The first-order valence-corrected chi connectivity index (χ1v) is 5.00. The molecule has 0 spiro atoms. The van der Waals surface area contributed by atoms with Crippen LogP contribution in [0.4, 0.5) is 0 Å². The maximum absolute atomic E-state index is 11.1. The first kappa shape index (κ1) is 11.6. The second kappa shape index (κ2) is 5.39. The van der Waals surface area contributed by atoms with E-state index in [-0.39, 0.29) is 5.97 Å². The van der Waals surface area contributed by atoms with Gasteiger partial charge in [-0.15, -0.1) is 0 Å². The van der Waals surface area contributed by atoms with Crippen LogP contribution in [-0.2, 0) is 16.0 Å². The number of rotatable bonds is 4. The van der Waals surface area contributed by atoms with E-state index in [4.69, 9.17) is 4.74 Å². The molecule has 0 radical (unpaired) electrons. The fourth-order valence-corrected chi connectivity index (χ4v) is 1.22. The van der Waals surface area contributed by atoms with Gasteiger partial charge in [0.1, 0.15) is 5.75 Å². The molecule has 82 valence electrons. The molecule has 0 saturated heterocycles. The molecule has 0 aliphatic rings. The second-order valence-corrected chi connectivity index (χ2v) is 3.28. The topological polar surface area (TPSA) is 35.5 Å². The van der Waals surface area contributed by atoms with Crippen LogP contribution in [0, 0.1) is 0 Å². The minimum atomic E-state index is -0.567. The Morgan fingerprint density at radius 3 is 2.40 bits per heavy atom. The van der Waals surface area contributed by atoms with E-state index in [1.54, 1.807) is 6.92 Å². The third-order valence-corrected chi connectivity index (χ3v) is 2.18. The summed E-state index contributed by atoms with van der Waals surface area (Å²) in [5.74, 6) is 0.319. The highest BCUT2D eigenvalue weighted by molar-refractivity contribution is 5.74. The number of benzene rings is 1. The van der Waals surface area contributed by atoms with E-state index < -0.39 is 6.10 Å². The lowest BCUT2D eigenvalue weighted by Crippen LogP contribution is -2.24. The van der Waals surface area contributed by atoms with Crippen molar-refractivity contribution < 1.29 is 14.3 Å². The van der Waals surface area contributed by atoms with Crippen LogP contribution in [0.5, 0.6) is 5.75 Å². The van der Waals surface area contributed by atoms with E-state index in [1.807, 2.05) is 24.3 Å². The standard InChI is InChI=1S/C12H16O3/c1-4-10-5-7-11(8-6-10)15-9(2)12(13)14-3/h5-9H,4H2,1-3H3. The van der Waals surface area contributed by atoms with Crippen LogP contribution >= 0.6 is 0 Å². The van der Waals surface area contributed by atoms with Gasteiger partial charge < -0.3 is 9.47 Å². The molecule has 15 heavy (non-hydrogen) atoms. The molecule has 0 N–H and O–H groups in total. The molecule has 0 amide bonds. The van der Waals surface area contributed by atoms with Crippen LogP contribution in [0.15, 0.2) is 24.3 Å². The molecule has 0 bridgehead atoms. The number of carbonyl (C=O) groups excluding carboxylic acids is 1. The second-order valence-electron chi connectivity index (χ2n) is 3.28. The van der Waals surface area contributed by atoms with Crippen molar-refractivity contribution in [3.63, 3.8) is 0 Å². The molecule has 0 saturated carbocycles. The van der Waals surface area contributed by atoms with Crippen molar-refractivity contribution in [1.82, 2.24) is 0 Å². The van der Waals surface area contributed by atoms with Gasteiger partial charge >= 0.3 is 5.97 Å². The summed E-state index contributed by atoms with van der Waals surface area (Å²) in [6, 6.07) is 7.69. The fourth-order valence-electron chi connectivity index (χ4n) is 1.22. The third kappa shape index (κ3) is 3.27. The minimum absolute atomic E-state index is 0.366. The molecule has 1 atom stereocenters. The van der Waals surface area contributed by atoms with Crippen LogP contribution in [0.25, 0.3) is 0 Å². The Balaban J connectivity index is 2.60. The fraction of sp³-hybridized carbons (Fsp3) is 0.417. The lowest BCUT2D eigenvalue weighted by atomic mass is 10.2. The highest BCUT2D eigenvalue weighted by Crippen LogP contribution is 2.14. The zero-order chi connectivity index (χ0) is 11.3. The lowest BCUT2D eigenvalue weighted by Gasteiger charge is -2.12. The Morgan fingerprint density at radius 2 is 1.93 bits per heavy atom. The SMILES string of the molecule is CCc1ccc(OC(C)C(=O)OC)cc1. The van der Waals surface area contributed by atoms with Crippen LogP contribution < -0.4 is 4.74 Å². The van der Waals surface area contributed by atoms with Gasteiger partial charge in [0, 0.05) is 0 Å². The summed E-state index contributed by atoms with van der Waals surface area (Å²) >= 11 is 0. The van der Waals surface area contributed by atoms with Crippen LogP contribution in [0.1, 0.15) is 19.4 Å². The van der Waals surface area contributed by atoms with Crippen molar-refractivity contribution in [1.29, 1.82) is 0 Å². The monoisotopic (exact) mass is 208 g/mol. The zero-order valence-electron chi connectivity index (χ0n) is 9.32. The molecule has 0 aliphatic carbocycles. The number of hydrogen-bond acceptors (Lipinski definition) is 3. The Bertz CT molecular complexity index is 316. The van der Waals surface area contributed by atoms with Crippen molar-refractivity contribution in [3.8, 4) is 5.75 Å². The van der Waals surface area contributed by atoms with Gasteiger partial charge in [-0.3, -0.25) is 0 Å². The maximum Gasteiger partial charge on any atom is 0.346 e. The van der Waals surface area contributed by atoms with Gasteiger partial charge in [0.2, 0.25) is 0 Å². The highest BCUT2D eigenvalue weighted by atomic mass is 16.6. The Morgan fingerprint density at radius 1 is 1.33 bits per heavy atom. The molecule has 0 fully saturated rings. The predicted molar refractivity (Wildman–Crippen MR) is 57.9 cm³/mol. The van der Waals surface area contributed by atoms with Crippen LogP contribution in [0.2, 0.25) is 0 Å². The number of esters is 1. The van der Waals surface area contributed by atoms with E-state index in [0.717, 1.165) is 6.42 Å². The lowest BCUT2D eigenvalue weighted by molar-refractivity contribution is -0.147. The highest BCUT2D eigenvalue weighted by Gasteiger charge is 2.14. The smallest absolute Gasteiger partial charge is 0.346 e. The Labute approximate surface area is 90.0 Å². The van der Waals surface area contributed by atoms with Crippen molar-refractivity contribution in [2.24, 2.45) is 0 Å². The molecule has 0 aliphatic heterocycles. The summed E-state index contributed by atoms with van der Waals surface area (Å²) in [5, 5.41) is 0. The molecule has 1 aromatic carbocycles. The molecule has 3 nitrogen and oxygen atoms in total. The summed E-state index contributed by atoms with van der Waals surface area (Å²) in [4.78, 5) is 11.1. The van der Waals surface area contributed by atoms with Gasteiger partial charge in [0.15, 0.2) is 6.10 Å². The predicted octanol–water partition coefficient (Wildman–Crippen LogP) is 2.19. The normalized spacial score (nSPS) is 11.9. The van der Waals surface area contributed by atoms with Crippen molar-refractivity contribution in [2.75, 3.05) is 7.11 Å². The number of ether oxygens (including phenoxy) is 2. The Kier molecular flexibility index (Phi) is 4.16.